The first-order valence-electron chi connectivity index (χ1n) is 7.40. The van der Waals surface area contributed by atoms with E-state index in [2.05, 4.69) is 43.8 Å². The van der Waals surface area contributed by atoms with Crippen molar-refractivity contribution in [3.8, 4) is 5.75 Å². The quantitative estimate of drug-likeness (QED) is 0.681. The highest BCUT2D eigenvalue weighted by Crippen LogP contribution is 2.45. The molecule has 0 atom stereocenters. The molecule has 0 unspecified atom stereocenters. The molecule has 1 aliphatic carbocycles. The topological polar surface area (TPSA) is 9.23 Å². The van der Waals surface area contributed by atoms with Crippen LogP contribution in [0.3, 0.4) is 0 Å². The van der Waals surface area contributed by atoms with Crippen LogP contribution in [0.25, 0.3) is 11.1 Å². The van der Waals surface area contributed by atoms with Crippen molar-refractivity contribution in [3.05, 3.63) is 76.9 Å². The van der Waals surface area contributed by atoms with Gasteiger partial charge in [0.15, 0.2) is 0 Å². The molecule has 0 spiro atoms. The maximum absolute atomic E-state index is 6.03. The Bertz CT molecular complexity index is 754. The van der Waals surface area contributed by atoms with Gasteiger partial charge in [0.05, 0.1) is 7.11 Å². The van der Waals surface area contributed by atoms with Gasteiger partial charge >= 0.3 is 0 Å². The lowest BCUT2D eigenvalue weighted by Crippen LogP contribution is -1.91. The second kappa shape index (κ2) is 6.02. The van der Waals surface area contributed by atoms with E-state index in [-0.39, 0.29) is 0 Å². The highest BCUT2D eigenvalue weighted by Gasteiger charge is 2.25. The molecule has 1 nitrogen and oxygen atoms in total. The van der Waals surface area contributed by atoms with E-state index in [0.717, 1.165) is 17.7 Å². The molecule has 3 rings (SSSR count). The summed E-state index contributed by atoms with van der Waals surface area (Å²) >= 11 is 6.03. The number of ether oxygens (including phenoxy) is 1. The minimum atomic E-state index is 0.598. The molecular weight excluding hydrogens is 292 g/mol. The number of hydrogen-bond acceptors (Lipinski definition) is 1. The van der Waals surface area contributed by atoms with Crippen molar-refractivity contribution in [2.24, 2.45) is 0 Å². The number of alkyl halides is 1. The van der Waals surface area contributed by atoms with Gasteiger partial charge in [-0.3, -0.25) is 0 Å². The van der Waals surface area contributed by atoms with E-state index in [0.29, 0.717) is 5.88 Å². The minimum Gasteiger partial charge on any atom is -0.497 e. The number of hydrogen-bond donors (Lipinski definition) is 0. The van der Waals surface area contributed by atoms with Crippen molar-refractivity contribution < 1.29 is 4.74 Å². The van der Waals surface area contributed by atoms with Crippen LogP contribution in [0.1, 0.15) is 28.7 Å². The molecule has 0 radical (unpaired) electrons. The van der Waals surface area contributed by atoms with Crippen LogP contribution in [-0.2, 0) is 0 Å². The zero-order valence-electron chi connectivity index (χ0n) is 12.9. The third-order valence-electron chi connectivity index (χ3n) is 4.16. The van der Waals surface area contributed by atoms with Gasteiger partial charge in [-0.25, -0.2) is 0 Å². The highest BCUT2D eigenvalue weighted by atomic mass is 35.5. The van der Waals surface area contributed by atoms with E-state index in [1.54, 1.807) is 7.11 Å². The number of methoxy groups -OCH3 is 1. The fourth-order valence-electron chi connectivity index (χ4n) is 3.06. The lowest BCUT2D eigenvalue weighted by atomic mass is 9.96. The zero-order valence-corrected chi connectivity index (χ0v) is 13.7. The molecule has 0 fully saturated rings. The lowest BCUT2D eigenvalue weighted by molar-refractivity contribution is 0.415. The second-order valence-corrected chi connectivity index (χ2v) is 5.93. The summed E-state index contributed by atoms with van der Waals surface area (Å²) in [6.45, 7) is 6.42. The zero-order chi connectivity index (χ0) is 15.7. The van der Waals surface area contributed by atoms with E-state index in [1.165, 1.54) is 33.4 Å². The number of benzene rings is 2. The summed E-state index contributed by atoms with van der Waals surface area (Å²) in [5.41, 5.74) is 8.52. The fourth-order valence-corrected chi connectivity index (χ4v) is 3.25. The van der Waals surface area contributed by atoms with Crippen molar-refractivity contribution in [1.82, 2.24) is 0 Å². The predicted octanol–water partition coefficient (Wildman–Crippen LogP) is 5.46. The average molecular weight is 311 g/mol. The molecule has 0 heterocycles. The van der Waals surface area contributed by atoms with E-state index in [4.69, 9.17) is 16.3 Å². The van der Waals surface area contributed by atoms with Crippen LogP contribution in [0.2, 0.25) is 0 Å². The van der Waals surface area contributed by atoms with Gasteiger partial charge in [0.25, 0.3) is 0 Å². The van der Waals surface area contributed by atoms with Gasteiger partial charge in [-0.2, -0.15) is 0 Å². The monoisotopic (exact) mass is 310 g/mol. The summed E-state index contributed by atoms with van der Waals surface area (Å²) < 4.78 is 5.26. The number of fused-ring (bicyclic) bond motifs is 1. The van der Waals surface area contributed by atoms with Crippen LogP contribution >= 0.6 is 11.6 Å². The first kappa shape index (κ1) is 14.9. The molecule has 0 aromatic heterocycles. The molecule has 0 bridgehead atoms. The summed E-state index contributed by atoms with van der Waals surface area (Å²) in [5.74, 6) is 1.46. The third-order valence-corrected chi connectivity index (χ3v) is 4.35. The molecule has 112 valence electrons. The van der Waals surface area contributed by atoms with Crippen molar-refractivity contribution >= 4 is 22.7 Å². The van der Waals surface area contributed by atoms with E-state index >= 15 is 0 Å². The molecule has 0 saturated carbocycles. The second-order valence-electron chi connectivity index (χ2n) is 5.55. The Balaban J connectivity index is 2.17. The largest absolute Gasteiger partial charge is 0.497 e. The normalized spacial score (nSPS) is 13.5. The maximum Gasteiger partial charge on any atom is 0.118 e. The Morgan fingerprint density at radius 2 is 1.77 bits per heavy atom. The van der Waals surface area contributed by atoms with Crippen LogP contribution in [-0.4, -0.2) is 13.0 Å². The smallest absolute Gasteiger partial charge is 0.118 e. The Hall–Kier alpha value is -1.99. The molecule has 0 N–H and O–H groups in total. The number of halogens is 1. The van der Waals surface area contributed by atoms with E-state index in [9.17, 15) is 0 Å². The summed E-state index contributed by atoms with van der Waals surface area (Å²) in [6, 6.07) is 14.7. The number of allylic oxidation sites excluding steroid dienone is 2. The van der Waals surface area contributed by atoms with Gasteiger partial charge in [0.2, 0.25) is 0 Å². The predicted molar refractivity (Wildman–Crippen MR) is 94.6 cm³/mol. The fraction of sp³-hybridized carbons (Fsp3) is 0.200. The van der Waals surface area contributed by atoms with Crippen LogP contribution in [0, 0.1) is 6.92 Å². The lowest BCUT2D eigenvalue weighted by Gasteiger charge is -2.09. The standard InChI is InChI=1S/C20H19ClO/c1-13-4-9-18-19(12-13)14(2)17(10-11-21)20(18)15-5-7-16(22-3)8-6-15/h4-9,12H,2,10-11H2,1,3H3. The first-order chi connectivity index (χ1) is 10.7. The van der Waals surface area contributed by atoms with Gasteiger partial charge in [-0.05, 0) is 58.9 Å². The molecule has 2 aromatic rings. The van der Waals surface area contributed by atoms with Gasteiger partial charge in [0.1, 0.15) is 5.75 Å². The summed E-state index contributed by atoms with van der Waals surface area (Å²) in [7, 11) is 1.68. The highest BCUT2D eigenvalue weighted by molar-refractivity contribution is 6.18. The van der Waals surface area contributed by atoms with Crippen LogP contribution in [0.5, 0.6) is 5.75 Å². The summed E-state index contributed by atoms with van der Waals surface area (Å²) in [6.07, 6.45) is 0.829. The average Bonchev–Trinajstić information content (AvgIpc) is 2.80. The molecule has 2 aromatic carbocycles. The van der Waals surface area contributed by atoms with Gasteiger partial charge in [-0.1, -0.05) is 42.5 Å². The Labute approximate surface area is 136 Å². The van der Waals surface area contributed by atoms with Crippen molar-refractivity contribution in [2.45, 2.75) is 13.3 Å². The number of rotatable bonds is 4. The van der Waals surface area contributed by atoms with Gasteiger partial charge in [0, 0.05) is 5.88 Å². The molecular formula is C20H19ClO. The van der Waals surface area contributed by atoms with Crippen molar-refractivity contribution in [2.75, 3.05) is 13.0 Å². The molecule has 0 saturated heterocycles. The summed E-state index contributed by atoms with van der Waals surface area (Å²) in [4.78, 5) is 0. The van der Waals surface area contributed by atoms with Crippen molar-refractivity contribution in [3.63, 3.8) is 0 Å². The molecule has 2 heteroatoms. The Kier molecular flexibility index (Phi) is 4.08. The maximum atomic E-state index is 6.03. The van der Waals surface area contributed by atoms with Gasteiger partial charge in [-0.15, -0.1) is 11.6 Å². The van der Waals surface area contributed by atoms with Crippen molar-refractivity contribution in [1.29, 1.82) is 0 Å². The van der Waals surface area contributed by atoms with Gasteiger partial charge < -0.3 is 4.74 Å². The molecule has 0 aliphatic heterocycles. The summed E-state index contributed by atoms with van der Waals surface area (Å²) in [5, 5.41) is 0. The Morgan fingerprint density at radius 3 is 2.41 bits per heavy atom. The minimum absolute atomic E-state index is 0.598. The first-order valence-corrected chi connectivity index (χ1v) is 7.93. The third kappa shape index (κ3) is 2.46. The Morgan fingerprint density at radius 1 is 1.05 bits per heavy atom. The van der Waals surface area contributed by atoms with Crippen LogP contribution in [0.15, 0.2) is 54.6 Å². The van der Waals surface area contributed by atoms with Crippen LogP contribution in [0.4, 0.5) is 0 Å². The molecule has 0 amide bonds. The molecule has 1 aliphatic rings. The molecule has 22 heavy (non-hydrogen) atoms. The van der Waals surface area contributed by atoms with Crippen LogP contribution < -0.4 is 4.74 Å². The van der Waals surface area contributed by atoms with E-state index in [1.807, 2.05) is 12.1 Å². The number of aryl methyl sites for hydroxylation is 1. The van der Waals surface area contributed by atoms with E-state index < -0.39 is 0 Å². The SMILES string of the molecule is C=C1C(CCCl)=C(c2ccc(OC)cc2)c2ccc(C)cc21.